The minimum atomic E-state index is -1.68. The largest absolute Gasteiger partial charge is 0.350 e. The third kappa shape index (κ3) is 2.74. The molecule has 0 bridgehead atoms. The fourth-order valence-corrected chi connectivity index (χ4v) is 1.86. The second kappa shape index (κ2) is 5.90. The third-order valence-corrected chi connectivity index (χ3v) is 2.79. The number of aryl methyl sites for hydroxylation is 1. The fourth-order valence-electron chi connectivity index (χ4n) is 1.86. The number of aromatic nitrogens is 1. The number of anilines is 2. The second-order valence-corrected chi connectivity index (χ2v) is 4.23. The third-order valence-electron chi connectivity index (χ3n) is 2.79. The SMILES string of the molecule is CCCc1ccccc1Nc1c(F)c(F)nc(F)c1F. The van der Waals surface area contributed by atoms with Crippen molar-refractivity contribution in [1.29, 1.82) is 0 Å². The molecule has 0 atom stereocenters. The zero-order valence-corrected chi connectivity index (χ0v) is 10.7. The molecule has 1 aromatic carbocycles. The van der Waals surface area contributed by atoms with Crippen molar-refractivity contribution in [2.45, 2.75) is 19.8 Å². The quantitative estimate of drug-likeness (QED) is 0.667. The van der Waals surface area contributed by atoms with Gasteiger partial charge in [0.05, 0.1) is 0 Å². The van der Waals surface area contributed by atoms with Crippen LogP contribution in [0.3, 0.4) is 0 Å². The fraction of sp³-hybridized carbons (Fsp3) is 0.214. The summed E-state index contributed by atoms with van der Waals surface area (Å²) in [6.07, 6.45) is 1.49. The van der Waals surface area contributed by atoms with Crippen LogP contribution in [-0.4, -0.2) is 4.98 Å². The second-order valence-electron chi connectivity index (χ2n) is 4.23. The number of halogens is 4. The van der Waals surface area contributed by atoms with Crippen LogP contribution in [-0.2, 0) is 6.42 Å². The van der Waals surface area contributed by atoms with Gasteiger partial charge in [-0.15, -0.1) is 0 Å². The molecule has 0 unspecified atom stereocenters. The Kier molecular flexibility index (Phi) is 4.22. The van der Waals surface area contributed by atoms with Gasteiger partial charge in [-0.3, -0.25) is 0 Å². The van der Waals surface area contributed by atoms with Crippen LogP contribution >= 0.6 is 0 Å². The molecule has 0 spiro atoms. The smallest absolute Gasteiger partial charge is 0.253 e. The molecule has 0 aliphatic carbocycles. The number of benzene rings is 1. The van der Waals surface area contributed by atoms with Gasteiger partial charge in [0, 0.05) is 5.69 Å². The molecule has 0 aliphatic rings. The Morgan fingerprint density at radius 3 is 2.20 bits per heavy atom. The number of rotatable bonds is 4. The molecule has 20 heavy (non-hydrogen) atoms. The predicted molar refractivity (Wildman–Crippen MR) is 67.8 cm³/mol. The van der Waals surface area contributed by atoms with Crippen LogP contribution in [0.5, 0.6) is 0 Å². The summed E-state index contributed by atoms with van der Waals surface area (Å²) in [4.78, 5) is 2.51. The molecule has 6 heteroatoms. The summed E-state index contributed by atoms with van der Waals surface area (Å²) in [6, 6.07) is 6.79. The Balaban J connectivity index is 2.45. The van der Waals surface area contributed by atoms with Gasteiger partial charge in [0.1, 0.15) is 5.69 Å². The molecule has 0 saturated heterocycles. The van der Waals surface area contributed by atoms with Crippen LogP contribution < -0.4 is 5.32 Å². The van der Waals surface area contributed by atoms with Gasteiger partial charge in [-0.2, -0.15) is 22.5 Å². The van der Waals surface area contributed by atoms with E-state index in [1.807, 2.05) is 6.92 Å². The van der Waals surface area contributed by atoms with E-state index in [2.05, 4.69) is 10.3 Å². The van der Waals surface area contributed by atoms with E-state index in [9.17, 15) is 17.6 Å². The van der Waals surface area contributed by atoms with Crippen LogP contribution in [0.25, 0.3) is 0 Å². The summed E-state index contributed by atoms with van der Waals surface area (Å²) >= 11 is 0. The first kappa shape index (κ1) is 14.3. The number of pyridine rings is 1. The number of hydrogen-bond acceptors (Lipinski definition) is 2. The lowest BCUT2D eigenvalue weighted by Crippen LogP contribution is -2.07. The van der Waals surface area contributed by atoms with E-state index in [1.54, 1.807) is 24.3 Å². The van der Waals surface area contributed by atoms with E-state index < -0.39 is 29.2 Å². The maximum absolute atomic E-state index is 13.5. The van der Waals surface area contributed by atoms with Crippen LogP contribution in [0.1, 0.15) is 18.9 Å². The van der Waals surface area contributed by atoms with Crippen molar-refractivity contribution in [3.05, 3.63) is 53.4 Å². The van der Waals surface area contributed by atoms with E-state index in [1.165, 1.54) is 0 Å². The van der Waals surface area contributed by atoms with E-state index in [0.717, 1.165) is 12.0 Å². The van der Waals surface area contributed by atoms with Crippen molar-refractivity contribution in [2.24, 2.45) is 0 Å². The normalized spacial score (nSPS) is 10.7. The highest BCUT2D eigenvalue weighted by Crippen LogP contribution is 2.28. The standard InChI is InChI=1S/C14H12F4N2/c1-2-5-8-6-3-4-7-9(8)19-12-10(15)13(17)20-14(18)11(12)16/h3-4,6-7H,2,5H2,1H3,(H,19,20). The van der Waals surface area contributed by atoms with Crippen molar-refractivity contribution in [3.8, 4) is 0 Å². The van der Waals surface area contributed by atoms with Crippen molar-refractivity contribution in [3.63, 3.8) is 0 Å². The zero-order chi connectivity index (χ0) is 14.7. The summed E-state index contributed by atoms with van der Waals surface area (Å²) < 4.78 is 53.2. The van der Waals surface area contributed by atoms with Gasteiger partial charge >= 0.3 is 0 Å². The zero-order valence-electron chi connectivity index (χ0n) is 10.7. The summed E-state index contributed by atoms with van der Waals surface area (Å²) in [5.74, 6) is -6.45. The van der Waals surface area contributed by atoms with Crippen molar-refractivity contribution < 1.29 is 17.6 Å². The Morgan fingerprint density at radius 2 is 1.60 bits per heavy atom. The Labute approximate surface area is 113 Å². The molecule has 1 aromatic heterocycles. The van der Waals surface area contributed by atoms with Crippen LogP contribution in [0, 0.1) is 23.5 Å². The summed E-state index contributed by atoms with van der Waals surface area (Å²) in [7, 11) is 0. The minimum Gasteiger partial charge on any atom is -0.350 e. The minimum absolute atomic E-state index is 0.400. The maximum Gasteiger partial charge on any atom is 0.253 e. The lowest BCUT2D eigenvalue weighted by Gasteiger charge is -2.13. The molecule has 1 N–H and O–H groups in total. The van der Waals surface area contributed by atoms with E-state index >= 15 is 0 Å². The topological polar surface area (TPSA) is 24.9 Å². The van der Waals surface area contributed by atoms with Gasteiger partial charge in [-0.05, 0) is 18.1 Å². The molecular formula is C14H12F4N2. The molecule has 106 valence electrons. The molecule has 0 radical (unpaired) electrons. The molecular weight excluding hydrogens is 272 g/mol. The molecule has 1 heterocycles. The number of nitrogens with one attached hydrogen (secondary N) is 1. The number of para-hydroxylation sites is 1. The average Bonchev–Trinajstić information content (AvgIpc) is 2.43. The van der Waals surface area contributed by atoms with Gasteiger partial charge in [-0.1, -0.05) is 31.5 Å². The van der Waals surface area contributed by atoms with Gasteiger partial charge in [0.25, 0.3) is 11.9 Å². The monoisotopic (exact) mass is 284 g/mol. The first-order chi connectivity index (χ1) is 9.54. The molecule has 0 saturated carbocycles. The average molecular weight is 284 g/mol. The predicted octanol–water partition coefficient (Wildman–Crippen LogP) is 4.33. The summed E-state index contributed by atoms with van der Waals surface area (Å²) in [6.45, 7) is 1.95. The lowest BCUT2D eigenvalue weighted by atomic mass is 10.1. The number of nitrogens with zero attached hydrogens (tertiary/aromatic N) is 1. The van der Waals surface area contributed by atoms with Crippen molar-refractivity contribution in [2.75, 3.05) is 5.32 Å². The molecule has 0 amide bonds. The molecule has 0 aliphatic heterocycles. The Bertz CT molecular complexity index is 603. The van der Waals surface area contributed by atoms with Gasteiger partial charge in [-0.25, -0.2) is 0 Å². The van der Waals surface area contributed by atoms with Crippen LogP contribution in [0.4, 0.5) is 28.9 Å². The van der Waals surface area contributed by atoms with E-state index in [0.29, 0.717) is 12.1 Å². The van der Waals surface area contributed by atoms with Gasteiger partial charge in [0.15, 0.2) is 0 Å². The Morgan fingerprint density at radius 1 is 1.00 bits per heavy atom. The first-order valence-electron chi connectivity index (χ1n) is 6.09. The van der Waals surface area contributed by atoms with Gasteiger partial charge in [0.2, 0.25) is 11.6 Å². The number of hydrogen-bond donors (Lipinski definition) is 1. The first-order valence-corrected chi connectivity index (χ1v) is 6.09. The highest BCUT2D eigenvalue weighted by Gasteiger charge is 2.21. The molecule has 0 fully saturated rings. The van der Waals surface area contributed by atoms with Crippen LogP contribution in [0.15, 0.2) is 24.3 Å². The van der Waals surface area contributed by atoms with Gasteiger partial charge < -0.3 is 5.32 Å². The van der Waals surface area contributed by atoms with Crippen molar-refractivity contribution in [1.82, 2.24) is 4.98 Å². The highest BCUT2D eigenvalue weighted by molar-refractivity contribution is 5.64. The van der Waals surface area contributed by atoms with Crippen molar-refractivity contribution >= 4 is 11.4 Å². The molecule has 2 aromatic rings. The highest BCUT2D eigenvalue weighted by atomic mass is 19.2. The maximum atomic E-state index is 13.5. The van der Waals surface area contributed by atoms with Crippen LogP contribution in [0.2, 0.25) is 0 Å². The summed E-state index contributed by atoms with van der Waals surface area (Å²) in [5.41, 5.74) is 0.321. The Hall–Kier alpha value is -2.11. The summed E-state index contributed by atoms with van der Waals surface area (Å²) in [5, 5.41) is 2.41. The molecule has 2 nitrogen and oxygen atoms in total. The van der Waals surface area contributed by atoms with E-state index in [4.69, 9.17) is 0 Å². The lowest BCUT2D eigenvalue weighted by molar-refractivity contribution is 0.411. The van der Waals surface area contributed by atoms with E-state index in [-0.39, 0.29) is 0 Å². The molecule has 2 rings (SSSR count).